The van der Waals surface area contributed by atoms with Gasteiger partial charge in [0.15, 0.2) is 0 Å². The lowest BCUT2D eigenvalue weighted by Crippen LogP contribution is -2.03. The average molecular weight is 95.1 g/mol. The van der Waals surface area contributed by atoms with Crippen LogP contribution in [0.3, 0.4) is 0 Å². The lowest BCUT2D eigenvalue weighted by Gasteiger charge is -1.98. The molecule has 0 bridgehead atoms. The van der Waals surface area contributed by atoms with Crippen LogP contribution in [0.5, 0.6) is 0 Å². The summed E-state index contributed by atoms with van der Waals surface area (Å²) in [5.41, 5.74) is 0. The number of hydrogen-bond acceptors (Lipinski definition) is 2. The fraction of sp³-hybridized carbons (Fsp3) is 1.00. The van der Waals surface area contributed by atoms with Crippen molar-refractivity contribution in [1.29, 1.82) is 0 Å². The van der Waals surface area contributed by atoms with Crippen molar-refractivity contribution >= 4 is 0 Å². The number of methoxy groups -OCH3 is 2. The van der Waals surface area contributed by atoms with Gasteiger partial charge in [0, 0.05) is 14.2 Å². The highest BCUT2D eigenvalue weighted by atomic mass is 19.2. The van der Waals surface area contributed by atoms with Crippen LogP contribution < -0.4 is 0 Å². The Morgan fingerprint density at radius 2 is 2.00 bits per heavy atom. The summed E-state index contributed by atoms with van der Waals surface area (Å²) in [5, 5.41) is 0. The maximum Gasteiger partial charge on any atom is 0.308 e. The van der Waals surface area contributed by atoms with Crippen LogP contribution in [0.25, 0.3) is 0 Å². The molecule has 38 valence electrons. The number of ether oxygens (including phenoxy) is 2. The predicted octanol–water partition coefficient (Wildman–Crippen LogP) is 0.532. The minimum Gasteiger partial charge on any atom is -0.330 e. The Balaban J connectivity index is 3.36. The molecule has 0 aliphatic carbocycles. The molecule has 0 amide bonds. The third-order valence-electron chi connectivity index (χ3n) is 0.321. The molecule has 0 N–H and O–H groups in total. The van der Waals surface area contributed by atoms with Gasteiger partial charge in [0.05, 0.1) is 0 Å². The highest BCUT2D eigenvalue weighted by Gasteiger charge is 1.94. The van der Waals surface area contributed by atoms with Crippen molar-refractivity contribution in [3.8, 4) is 0 Å². The normalized spacial score (nSPS) is 14.2. The molecule has 0 aromatic heterocycles. The van der Waals surface area contributed by atoms with E-state index in [0.29, 0.717) is 0 Å². The summed E-state index contributed by atoms with van der Waals surface area (Å²) in [4.78, 5) is 0. The standard InChI is InChI=1S/C3H7FO2/c1-5-3(4)6-2/h3H,1-2H3/i3D. The van der Waals surface area contributed by atoms with E-state index in [4.69, 9.17) is 1.37 Å². The van der Waals surface area contributed by atoms with Gasteiger partial charge in [0.2, 0.25) is 0 Å². The summed E-state index contributed by atoms with van der Waals surface area (Å²) in [6, 6.07) is 0. The van der Waals surface area contributed by atoms with Crippen LogP contribution >= 0.6 is 0 Å². The number of halogens is 1. The zero-order chi connectivity index (χ0) is 5.91. The molecule has 0 radical (unpaired) electrons. The van der Waals surface area contributed by atoms with Crippen LogP contribution in [0.4, 0.5) is 4.39 Å². The first-order chi connectivity index (χ1) is 3.12. The molecule has 0 unspecified atom stereocenters. The highest BCUT2D eigenvalue weighted by molar-refractivity contribution is 4.01. The second kappa shape index (κ2) is 3.06. The topological polar surface area (TPSA) is 18.5 Å². The first-order valence-corrected chi connectivity index (χ1v) is 1.41. The van der Waals surface area contributed by atoms with E-state index in [1.807, 2.05) is 0 Å². The molecule has 0 fully saturated rings. The molecule has 6 heavy (non-hydrogen) atoms. The van der Waals surface area contributed by atoms with E-state index in [1.54, 1.807) is 0 Å². The predicted molar refractivity (Wildman–Crippen MR) is 18.9 cm³/mol. The van der Waals surface area contributed by atoms with Gasteiger partial charge in [-0.1, -0.05) is 0 Å². The summed E-state index contributed by atoms with van der Waals surface area (Å²) < 4.78 is 25.8. The Kier molecular flexibility index (Phi) is 2.05. The van der Waals surface area contributed by atoms with Crippen LogP contribution in [0.15, 0.2) is 0 Å². The van der Waals surface area contributed by atoms with Crippen LogP contribution in [0, 0.1) is 0 Å². The van der Waals surface area contributed by atoms with Crippen molar-refractivity contribution in [2.24, 2.45) is 0 Å². The SMILES string of the molecule is [2H]C(F)(OC)OC. The average Bonchev–Trinajstić information content (AvgIpc) is 1.68. The maximum absolute atomic E-state index is 11.8. The van der Waals surface area contributed by atoms with Crippen molar-refractivity contribution in [2.75, 3.05) is 14.2 Å². The molecule has 0 saturated heterocycles. The molecule has 0 aromatic carbocycles. The summed E-state index contributed by atoms with van der Waals surface area (Å²) >= 11 is 0. The van der Waals surface area contributed by atoms with E-state index < -0.39 is 6.52 Å². The molecule has 0 aliphatic rings. The van der Waals surface area contributed by atoms with Crippen molar-refractivity contribution in [1.82, 2.24) is 0 Å². The van der Waals surface area contributed by atoms with Gasteiger partial charge in [-0.15, -0.1) is 0 Å². The number of alkyl halides is 1. The Morgan fingerprint density at radius 3 is 2.00 bits per heavy atom. The largest absolute Gasteiger partial charge is 0.330 e. The minimum atomic E-state index is -2.67. The molecule has 0 aliphatic heterocycles. The van der Waals surface area contributed by atoms with Gasteiger partial charge in [-0.25, -0.2) is 0 Å². The van der Waals surface area contributed by atoms with E-state index in [2.05, 4.69) is 9.47 Å². The second-order valence-corrected chi connectivity index (χ2v) is 0.646. The molecule has 0 atom stereocenters. The zero-order valence-corrected chi connectivity index (χ0v) is 3.69. The molecular formula is C3H7FO2. The van der Waals surface area contributed by atoms with Gasteiger partial charge in [0.1, 0.15) is 1.37 Å². The molecule has 0 aromatic rings. The monoisotopic (exact) mass is 95.0 g/mol. The van der Waals surface area contributed by atoms with E-state index >= 15 is 0 Å². The van der Waals surface area contributed by atoms with Crippen LogP contribution in [-0.4, -0.2) is 20.7 Å². The Morgan fingerprint density at radius 1 is 1.67 bits per heavy atom. The van der Waals surface area contributed by atoms with Crippen molar-refractivity contribution in [3.05, 3.63) is 0 Å². The summed E-state index contributed by atoms with van der Waals surface area (Å²) in [5.74, 6) is 0. The van der Waals surface area contributed by atoms with Gasteiger partial charge in [-0.2, -0.15) is 4.39 Å². The highest BCUT2D eigenvalue weighted by Crippen LogP contribution is 1.87. The fourth-order valence-corrected chi connectivity index (χ4v) is 0.0833. The molecule has 0 rings (SSSR count). The molecule has 0 heterocycles. The molecule has 3 heteroatoms. The van der Waals surface area contributed by atoms with E-state index in [1.165, 1.54) is 0 Å². The van der Waals surface area contributed by atoms with Gasteiger partial charge in [-0.3, -0.25) is 0 Å². The Hall–Kier alpha value is -0.150. The second-order valence-electron chi connectivity index (χ2n) is 0.646. The van der Waals surface area contributed by atoms with Crippen molar-refractivity contribution in [3.63, 3.8) is 0 Å². The number of hydrogen-bond donors (Lipinski definition) is 0. The van der Waals surface area contributed by atoms with E-state index in [0.717, 1.165) is 14.2 Å². The number of rotatable bonds is 2. The minimum absolute atomic E-state index is 1.05. The third kappa shape index (κ3) is 2.11. The maximum atomic E-state index is 11.8. The van der Waals surface area contributed by atoms with E-state index in [9.17, 15) is 4.39 Å². The Bertz CT molecular complexity index is 50.9. The first kappa shape index (κ1) is 4.02. The fourth-order valence-electron chi connectivity index (χ4n) is 0.0833. The first-order valence-electron chi connectivity index (χ1n) is 1.91. The summed E-state index contributed by atoms with van der Waals surface area (Å²) in [7, 11) is 2.10. The van der Waals surface area contributed by atoms with Crippen molar-refractivity contribution < 1.29 is 15.2 Å². The van der Waals surface area contributed by atoms with Gasteiger partial charge in [0.25, 0.3) is 0 Å². The third-order valence-corrected chi connectivity index (χ3v) is 0.321. The van der Waals surface area contributed by atoms with Gasteiger partial charge in [-0.05, 0) is 0 Å². The van der Waals surface area contributed by atoms with Crippen LogP contribution in [0.2, 0.25) is 0 Å². The lowest BCUT2D eigenvalue weighted by molar-refractivity contribution is -0.186. The molecular weight excluding hydrogens is 87.0 g/mol. The Labute approximate surface area is 37.3 Å². The summed E-state index contributed by atoms with van der Waals surface area (Å²) in [6.45, 7) is -2.67. The van der Waals surface area contributed by atoms with Crippen molar-refractivity contribution in [2.45, 2.75) is 6.52 Å². The van der Waals surface area contributed by atoms with Crippen LogP contribution in [-0.2, 0) is 9.47 Å². The quantitative estimate of drug-likeness (QED) is 0.466. The smallest absolute Gasteiger partial charge is 0.308 e. The summed E-state index contributed by atoms with van der Waals surface area (Å²) in [6.07, 6.45) is 0. The molecule has 2 nitrogen and oxygen atoms in total. The molecule has 0 spiro atoms. The van der Waals surface area contributed by atoms with E-state index in [-0.39, 0.29) is 0 Å². The molecule has 0 saturated carbocycles. The van der Waals surface area contributed by atoms with Gasteiger partial charge >= 0.3 is 6.52 Å². The van der Waals surface area contributed by atoms with Crippen LogP contribution in [0.1, 0.15) is 1.37 Å². The zero-order valence-electron chi connectivity index (χ0n) is 4.69. The lowest BCUT2D eigenvalue weighted by atomic mass is 11.3. The van der Waals surface area contributed by atoms with Gasteiger partial charge < -0.3 is 9.47 Å².